The van der Waals surface area contributed by atoms with Gasteiger partial charge >= 0.3 is 0 Å². The standard InChI is InChI=1S/C15H23BrN2O2S/c1-10-6-7-13(14(16)8-10)15(18-17)11-4-3-5-12(9-11)21(2,19)20/h6-8,11-12,15,18H,3-5,9,17H2,1-2H3. The molecule has 0 amide bonds. The molecule has 1 saturated carbocycles. The van der Waals surface area contributed by atoms with Crippen LogP contribution in [0, 0.1) is 12.8 Å². The molecule has 0 saturated heterocycles. The number of sulfone groups is 1. The monoisotopic (exact) mass is 374 g/mol. The lowest BCUT2D eigenvalue weighted by Crippen LogP contribution is -2.38. The van der Waals surface area contributed by atoms with Gasteiger partial charge in [0.2, 0.25) is 0 Å². The van der Waals surface area contributed by atoms with Crippen molar-refractivity contribution >= 4 is 25.8 Å². The average Bonchev–Trinajstić information content (AvgIpc) is 2.41. The van der Waals surface area contributed by atoms with E-state index in [1.807, 2.05) is 6.92 Å². The zero-order valence-corrected chi connectivity index (χ0v) is 14.9. The van der Waals surface area contributed by atoms with Gasteiger partial charge in [-0.1, -0.05) is 34.5 Å². The molecule has 0 aromatic heterocycles. The summed E-state index contributed by atoms with van der Waals surface area (Å²) in [4.78, 5) is 0. The van der Waals surface area contributed by atoms with Crippen molar-refractivity contribution < 1.29 is 8.42 Å². The van der Waals surface area contributed by atoms with Crippen molar-refractivity contribution in [3.63, 3.8) is 0 Å². The van der Waals surface area contributed by atoms with Crippen molar-refractivity contribution in [2.24, 2.45) is 11.8 Å². The fourth-order valence-electron chi connectivity index (χ4n) is 3.24. The van der Waals surface area contributed by atoms with Crippen LogP contribution >= 0.6 is 15.9 Å². The lowest BCUT2D eigenvalue weighted by molar-refractivity contribution is 0.274. The smallest absolute Gasteiger partial charge is 0.150 e. The molecule has 0 radical (unpaired) electrons. The molecular weight excluding hydrogens is 352 g/mol. The predicted molar refractivity (Wildman–Crippen MR) is 89.5 cm³/mol. The number of hydrogen-bond acceptors (Lipinski definition) is 4. The van der Waals surface area contributed by atoms with E-state index in [-0.39, 0.29) is 17.2 Å². The highest BCUT2D eigenvalue weighted by Gasteiger charge is 2.33. The highest BCUT2D eigenvalue weighted by molar-refractivity contribution is 9.10. The van der Waals surface area contributed by atoms with Crippen molar-refractivity contribution in [1.29, 1.82) is 0 Å². The highest BCUT2D eigenvalue weighted by atomic mass is 79.9. The van der Waals surface area contributed by atoms with Gasteiger partial charge in [0.15, 0.2) is 0 Å². The predicted octanol–water partition coefficient (Wildman–Crippen LogP) is 2.87. The molecule has 0 heterocycles. The topological polar surface area (TPSA) is 72.2 Å². The number of hydrogen-bond donors (Lipinski definition) is 2. The van der Waals surface area contributed by atoms with Crippen molar-refractivity contribution in [3.05, 3.63) is 33.8 Å². The minimum absolute atomic E-state index is 0.0236. The molecule has 6 heteroatoms. The van der Waals surface area contributed by atoms with Gasteiger partial charge < -0.3 is 0 Å². The number of nitrogens with two attached hydrogens (primary N) is 1. The van der Waals surface area contributed by atoms with Crippen LogP contribution in [0.25, 0.3) is 0 Å². The molecule has 0 spiro atoms. The van der Waals surface area contributed by atoms with Gasteiger partial charge in [0.25, 0.3) is 0 Å². The Morgan fingerprint density at radius 3 is 2.67 bits per heavy atom. The maximum atomic E-state index is 11.8. The molecule has 4 nitrogen and oxygen atoms in total. The summed E-state index contributed by atoms with van der Waals surface area (Å²) in [6.45, 7) is 2.04. The van der Waals surface area contributed by atoms with E-state index >= 15 is 0 Å². The van der Waals surface area contributed by atoms with Crippen LogP contribution < -0.4 is 11.3 Å². The quantitative estimate of drug-likeness (QED) is 0.627. The molecule has 1 aliphatic carbocycles. The first-order chi connectivity index (χ1) is 9.82. The second kappa shape index (κ2) is 6.77. The van der Waals surface area contributed by atoms with E-state index in [1.165, 1.54) is 11.8 Å². The van der Waals surface area contributed by atoms with Gasteiger partial charge in [-0.05, 0) is 49.3 Å². The van der Waals surface area contributed by atoms with E-state index in [9.17, 15) is 8.42 Å². The van der Waals surface area contributed by atoms with Crippen molar-refractivity contribution in [2.75, 3.05) is 6.26 Å². The van der Waals surface area contributed by atoms with Gasteiger partial charge in [-0.15, -0.1) is 0 Å². The molecule has 2 rings (SSSR count). The molecule has 0 aliphatic heterocycles. The Labute approximate surface area is 135 Å². The summed E-state index contributed by atoms with van der Waals surface area (Å²) in [7, 11) is -2.98. The zero-order valence-electron chi connectivity index (χ0n) is 12.5. The Kier molecular flexibility index (Phi) is 5.46. The second-order valence-electron chi connectivity index (χ2n) is 6.05. The third kappa shape index (κ3) is 4.06. The Hall–Kier alpha value is -0.430. The highest BCUT2D eigenvalue weighted by Crippen LogP contribution is 2.38. The van der Waals surface area contributed by atoms with Gasteiger partial charge in [0, 0.05) is 16.8 Å². The molecule has 0 bridgehead atoms. The van der Waals surface area contributed by atoms with E-state index < -0.39 is 9.84 Å². The van der Waals surface area contributed by atoms with Crippen LogP contribution in [0.5, 0.6) is 0 Å². The Morgan fingerprint density at radius 1 is 1.38 bits per heavy atom. The average molecular weight is 375 g/mol. The van der Waals surface area contributed by atoms with E-state index in [0.29, 0.717) is 6.42 Å². The third-order valence-electron chi connectivity index (χ3n) is 4.41. The molecule has 3 atom stereocenters. The van der Waals surface area contributed by atoms with Gasteiger partial charge in [-0.2, -0.15) is 0 Å². The normalized spacial score (nSPS) is 24.8. The lowest BCUT2D eigenvalue weighted by Gasteiger charge is -2.34. The molecule has 1 aliphatic rings. The SMILES string of the molecule is Cc1ccc(C(NN)C2CCCC(S(C)(=O)=O)C2)c(Br)c1. The van der Waals surface area contributed by atoms with Crippen molar-refractivity contribution in [2.45, 2.75) is 43.9 Å². The number of aryl methyl sites for hydroxylation is 1. The molecule has 1 fully saturated rings. The first kappa shape index (κ1) is 16.9. The van der Waals surface area contributed by atoms with Crippen LogP contribution in [-0.2, 0) is 9.84 Å². The summed E-state index contributed by atoms with van der Waals surface area (Å²) in [5.74, 6) is 6.02. The summed E-state index contributed by atoms with van der Waals surface area (Å²) in [5.41, 5.74) is 5.17. The number of nitrogens with one attached hydrogen (secondary N) is 1. The summed E-state index contributed by atoms with van der Waals surface area (Å²) in [6, 6.07) is 6.16. The summed E-state index contributed by atoms with van der Waals surface area (Å²) in [5, 5.41) is -0.240. The van der Waals surface area contributed by atoms with Gasteiger partial charge in [-0.25, -0.2) is 8.42 Å². The van der Waals surface area contributed by atoms with Crippen LogP contribution in [0.1, 0.15) is 42.9 Å². The van der Waals surface area contributed by atoms with Crippen LogP contribution in [0.15, 0.2) is 22.7 Å². The molecule has 3 N–H and O–H groups in total. The maximum absolute atomic E-state index is 11.8. The molecule has 1 aromatic rings. The Morgan fingerprint density at radius 2 is 2.10 bits per heavy atom. The lowest BCUT2D eigenvalue weighted by atomic mass is 9.81. The van der Waals surface area contributed by atoms with Gasteiger partial charge in [0.1, 0.15) is 9.84 Å². The fourth-order valence-corrected chi connectivity index (χ4v) is 5.17. The second-order valence-corrected chi connectivity index (χ2v) is 9.23. The third-order valence-corrected chi connectivity index (χ3v) is 6.74. The number of benzene rings is 1. The zero-order chi connectivity index (χ0) is 15.6. The largest absolute Gasteiger partial charge is 0.271 e. The first-order valence-corrected chi connectivity index (χ1v) is 9.98. The number of rotatable bonds is 4. The van der Waals surface area contributed by atoms with E-state index in [0.717, 1.165) is 29.3 Å². The molecule has 118 valence electrons. The van der Waals surface area contributed by atoms with Crippen molar-refractivity contribution in [1.82, 2.24) is 5.43 Å². The van der Waals surface area contributed by atoms with Gasteiger partial charge in [0.05, 0.1) is 5.25 Å². The molecule has 3 unspecified atom stereocenters. The summed E-state index contributed by atoms with van der Waals surface area (Å²) in [6.07, 6.45) is 4.72. The first-order valence-electron chi connectivity index (χ1n) is 7.24. The van der Waals surface area contributed by atoms with Crippen LogP contribution in [0.2, 0.25) is 0 Å². The number of hydrazine groups is 1. The Bertz CT molecular complexity index is 604. The number of halogens is 1. The molecule has 21 heavy (non-hydrogen) atoms. The summed E-state index contributed by atoms with van der Waals surface area (Å²) >= 11 is 3.60. The molecule has 1 aromatic carbocycles. The minimum atomic E-state index is -2.98. The van der Waals surface area contributed by atoms with Crippen LogP contribution in [0.4, 0.5) is 0 Å². The van der Waals surface area contributed by atoms with Crippen LogP contribution in [0.3, 0.4) is 0 Å². The maximum Gasteiger partial charge on any atom is 0.150 e. The van der Waals surface area contributed by atoms with E-state index in [1.54, 1.807) is 0 Å². The summed E-state index contributed by atoms with van der Waals surface area (Å²) < 4.78 is 24.7. The van der Waals surface area contributed by atoms with E-state index in [4.69, 9.17) is 5.84 Å². The van der Waals surface area contributed by atoms with E-state index in [2.05, 4.69) is 39.6 Å². The molecular formula is C15H23BrN2O2S. The van der Waals surface area contributed by atoms with Crippen molar-refractivity contribution in [3.8, 4) is 0 Å². The minimum Gasteiger partial charge on any atom is -0.271 e. The van der Waals surface area contributed by atoms with Crippen LogP contribution in [-0.4, -0.2) is 19.9 Å². The van der Waals surface area contributed by atoms with Gasteiger partial charge in [-0.3, -0.25) is 11.3 Å². The Balaban J connectivity index is 2.24. The fraction of sp³-hybridized carbons (Fsp3) is 0.600.